The number of nitrogens with zero attached hydrogens (tertiary/aromatic N) is 5. The van der Waals surface area contributed by atoms with Crippen molar-refractivity contribution in [3.8, 4) is 22.6 Å². The molecule has 0 saturated carbocycles. The number of rotatable bonds is 6. The average molecular weight is 447 g/mol. The molecule has 0 radical (unpaired) electrons. The van der Waals surface area contributed by atoms with Gasteiger partial charge in [0.2, 0.25) is 11.7 Å². The third-order valence-corrected chi connectivity index (χ3v) is 6.18. The van der Waals surface area contributed by atoms with Crippen LogP contribution < -0.4 is 11.1 Å². The van der Waals surface area contributed by atoms with Crippen LogP contribution in [0.4, 0.5) is 10.8 Å². The molecule has 9 nitrogen and oxygen atoms in total. The van der Waals surface area contributed by atoms with Crippen LogP contribution in [0.3, 0.4) is 0 Å². The van der Waals surface area contributed by atoms with E-state index in [-0.39, 0.29) is 12.0 Å². The number of hydrogen-bond acceptors (Lipinski definition) is 8. The van der Waals surface area contributed by atoms with E-state index < -0.39 is 0 Å². The molecule has 0 unspecified atom stereocenters. The van der Waals surface area contributed by atoms with E-state index in [0.29, 0.717) is 18.1 Å². The fraction of sp³-hybridized carbons (Fsp3) is 0.227. The third-order valence-electron chi connectivity index (χ3n) is 5.42. The number of nitrogens with two attached hydrogens (primary N) is 1. The monoisotopic (exact) mass is 446 g/mol. The van der Waals surface area contributed by atoms with Crippen molar-refractivity contribution in [2.75, 3.05) is 11.9 Å². The Morgan fingerprint density at radius 1 is 1.22 bits per heavy atom. The number of likely N-dealkylation sites (tertiary alicyclic amines) is 1. The summed E-state index contributed by atoms with van der Waals surface area (Å²) in [6, 6.07) is 11.9. The zero-order chi connectivity index (χ0) is 21.9. The number of guanidine groups is 1. The van der Waals surface area contributed by atoms with Crippen LogP contribution in [0, 0.1) is 5.41 Å². The summed E-state index contributed by atoms with van der Waals surface area (Å²) in [6.07, 6.45) is 6.13. The fourth-order valence-electron chi connectivity index (χ4n) is 3.83. The second kappa shape index (κ2) is 8.75. The van der Waals surface area contributed by atoms with Crippen molar-refractivity contribution in [3.05, 3.63) is 60.1 Å². The van der Waals surface area contributed by atoms with Crippen LogP contribution >= 0.6 is 11.3 Å². The maximum atomic E-state index is 7.70. The lowest BCUT2D eigenvalue weighted by atomic mass is 10.1. The van der Waals surface area contributed by atoms with E-state index >= 15 is 0 Å². The van der Waals surface area contributed by atoms with Crippen LogP contribution in [0.2, 0.25) is 0 Å². The molecule has 32 heavy (non-hydrogen) atoms. The Morgan fingerprint density at radius 2 is 2.09 bits per heavy atom. The summed E-state index contributed by atoms with van der Waals surface area (Å²) >= 11 is 1.54. The summed E-state index contributed by atoms with van der Waals surface area (Å²) in [5.41, 5.74) is 9.35. The summed E-state index contributed by atoms with van der Waals surface area (Å²) in [5.74, 6) is 1.21. The molecule has 0 bridgehead atoms. The Bertz CT molecular complexity index is 1200. The molecule has 1 aliphatic rings. The molecule has 0 spiro atoms. The molecule has 10 heteroatoms. The van der Waals surface area contributed by atoms with Gasteiger partial charge in [-0.05, 0) is 49.2 Å². The van der Waals surface area contributed by atoms with Crippen LogP contribution in [0.1, 0.15) is 18.7 Å². The quantitative estimate of drug-likeness (QED) is 0.300. The maximum Gasteiger partial charge on any atom is 0.229 e. The number of pyridine rings is 1. The zero-order valence-electron chi connectivity index (χ0n) is 17.2. The Kier molecular flexibility index (Phi) is 5.51. The van der Waals surface area contributed by atoms with Crippen molar-refractivity contribution in [1.82, 2.24) is 25.0 Å². The minimum absolute atomic E-state index is 0.100. The normalized spacial score (nSPS) is 15.8. The highest BCUT2D eigenvalue weighted by atomic mass is 32.1. The topological polar surface area (TPSA) is 130 Å². The molecule has 0 amide bonds. The number of benzene rings is 1. The predicted octanol–water partition coefficient (Wildman–Crippen LogP) is 3.90. The molecule has 162 valence electrons. The highest BCUT2D eigenvalue weighted by Crippen LogP contribution is 2.28. The molecule has 1 fully saturated rings. The van der Waals surface area contributed by atoms with Crippen LogP contribution in [0.25, 0.3) is 22.6 Å². The molecule has 1 atom stereocenters. The summed E-state index contributed by atoms with van der Waals surface area (Å²) in [5, 5.41) is 18.0. The minimum Gasteiger partial charge on any atom is -0.370 e. The van der Waals surface area contributed by atoms with Gasteiger partial charge >= 0.3 is 0 Å². The van der Waals surface area contributed by atoms with Gasteiger partial charge in [0.1, 0.15) is 0 Å². The molecule has 1 aliphatic heterocycles. The van der Waals surface area contributed by atoms with E-state index in [1.807, 2.05) is 46.7 Å². The molecule has 4 N–H and O–H groups in total. The summed E-state index contributed by atoms with van der Waals surface area (Å²) in [6.45, 7) is 0.804. The lowest BCUT2D eigenvalue weighted by Crippen LogP contribution is -2.41. The van der Waals surface area contributed by atoms with E-state index in [4.69, 9.17) is 15.7 Å². The maximum absolute atomic E-state index is 7.70. The summed E-state index contributed by atoms with van der Waals surface area (Å²) < 4.78 is 5.45. The van der Waals surface area contributed by atoms with Crippen molar-refractivity contribution >= 4 is 28.1 Å². The van der Waals surface area contributed by atoms with Gasteiger partial charge in [-0.1, -0.05) is 5.16 Å². The zero-order valence-corrected chi connectivity index (χ0v) is 18.0. The van der Waals surface area contributed by atoms with E-state index in [1.165, 1.54) is 0 Å². The van der Waals surface area contributed by atoms with E-state index in [0.717, 1.165) is 47.0 Å². The largest absolute Gasteiger partial charge is 0.370 e. The van der Waals surface area contributed by atoms with E-state index in [2.05, 4.69) is 25.4 Å². The van der Waals surface area contributed by atoms with Gasteiger partial charge in [-0.3, -0.25) is 10.4 Å². The number of thiazole rings is 1. The van der Waals surface area contributed by atoms with Crippen LogP contribution in [0.5, 0.6) is 0 Å². The van der Waals surface area contributed by atoms with E-state index in [9.17, 15) is 0 Å². The van der Waals surface area contributed by atoms with Gasteiger partial charge in [0.15, 0.2) is 11.1 Å². The molecule has 4 aromatic rings. The third kappa shape index (κ3) is 4.30. The Balaban J connectivity index is 1.24. The smallest absolute Gasteiger partial charge is 0.229 e. The van der Waals surface area contributed by atoms with Crippen molar-refractivity contribution < 1.29 is 4.52 Å². The number of nitrogens with one attached hydrogen (secondary N) is 2. The second-order valence-electron chi connectivity index (χ2n) is 7.57. The van der Waals surface area contributed by atoms with Gasteiger partial charge in [0.05, 0.1) is 5.69 Å². The van der Waals surface area contributed by atoms with Gasteiger partial charge in [-0.2, -0.15) is 4.98 Å². The first-order valence-corrected chi connectivity index (χ1v) is 11.2. The van der Waals surface area contributed by atoms with Gasteiger partial charge < -0.3 is 20.5 Å². The first-order chi connectivity index (χ1) is 15.7. The lowest BCUT2D eigenvalue weighted by molar-refractivity contribution is 0.320. The lowest BCUT2D eigenvalue weighted by Gasteiger charge is -2.23. The fourth-order valence-corrected chi connectivity index (χ4v) is 4.57. The van der Waals surface area contributed by atoms with Crippen molar-refractivity contribution in [1.29, 1.82) is 5.41 Å². The second-order valence-corrected chi connectivity index (χ2v) is 8.43. The van der Waals surface area contributed by atoms with Crippen LogP contribution in [-0.2, 0) is 6.42 Å². The van der Waals surface area contributed by atoms with Crippen molar-refractivity contribution in [2.24, 2.45) is 5.73 Å². The Labute approximate surface area is 188 Å². The molecule has 1 aromatic carbocycles. The van der Waals surface area contributed by atoms with Crippen molar-refractivity contribution in [3.63, 3.8) is 0 Å². The van der Waals surface area contributed by atoms with Crippen molar-refractivity contribution in [2.45, 2.75) is 25.3 Å². The van der Waals surface area contributed by atoms with Gasteiger partial charge in [-0.25, -0.2) is 4.98 Å². The van der Waals surface area contributed by atoms with Gasteiger partial charge in [0.25, 0.3) is 0 Å². The van der Waals surface area contributed by atoms with E-state index in [1.54, 1.807) is 23.7 Å². The number of anilines is 2. The predicted molar refractivity (Wildman–Crippen MR) is 124 cm³/mol. The minimum atomic E-state index is 0.100. The number of hydrogen-bond donors (Lipinski definition) is 3. The molecule has 5 rings (SSSR count). The SMILES string of the molecule is N=C(N)N1CCC[C@H]1Cc1nc(-c2ccc(Nc3nc(-c4cccnc4)cs3)cc2)no1. The molecular weight excluding hydrogens is 424 g/mol. The highest BCUT2D eigenvalue weighted by Gasteiger charge is 2.27. The molecule has 4 heterocycles. The molecule has 1 saturated heterocycles. The standard InChI is InChI=1S/C22H22N8OS/c23-21(24)30-10-2-4-17(30)11-19-28-20(29-31-19)14-5-7-16(8-6-14)26-22-27-18(13-32-22)15-3-1-9-25-12-15/h1,3,5-9,12-13,17H,2,4,10-11H2,(H3,23,24)(H,26,27)/t17-/m0/s1. The first-order valence-electron chi connectivity index (χ1n) is 10.3. The summed E-state index contributed by atoms with van der Waals surface area (Å²) in [4.78, 5) is 15.2. The highest BCUT2D eigenvalue weighted by molar-refractivity contribution is 7.14. The summed E-state index contributed by atoms with van der Waals surface area (Å²) in [7, 11) is 0. The molecule has 3 aromatic heterocycles. The van der Waals surface area contributed by atoms with Crippen LogP contribution in [-0.4, -0.2) is 43.6 Å². The average Bonchev–Trinajstić information content (AvgIpc) is 3.57. The first kappa shape index (κ1) is 20.1. The van der Waals surface area contributed by atoms with Gasteiger partial charge in [0, 0.05) is 53.6 Å². The van der Waals surface area contributed by atoms with Gasteiger partial charge in [-0.15, -0.1) is 11.3 Å². The van der Waals surface area contributed by atoms with Crippen LogP contribution in [0.15, 0.2) is 58.7 Å². The molecular formula is C22H22N8OS. The molecule has 0 aliphatic carbocycles. The Morgan fingerprint density at radius 3 is 2.88 bits per heavy atom. The number of aromatic nitrogens is 4. The Hall–Kier alpha value is -3.79.